The van der Waals surface area contributed by atoms with Gasteiger partial charge in [-0.25, -0.2) is 4.79 Å². The van der Waals surface area contributed by atoms with Gasteiger partial charge in [0.1, 0.15) is 17.9 Å². The van der Waals surface area contributed by atoms with Crippen molar-refractivity contribution in [3.05, 3.63) is 101 Å². The third-order valence-corrected chi connectivity index (χ3v) is 5.76. The van der Waals surface area contributed by atoms with E-state index in [2.05, 4.69) is 5.32 Å². The Morgan fingerprint density at radius 1 is 1.03 bits per heavy atom. The fourth-order valence-electron chi connectivity index (χ4n) is 3.56. The molecule has 1 saturated heterocycles. The van der Waals surface area contributed by atoms with Gasteiger partial charge in [-0.1, -0.05) is 43.3 Å². The zero-order chi connectivity index (χ0) is 24.9. The Bertz CT molecular complexity index is 1330. The van der Waals surface area contributed by atoms with Crippen molar-refractivity contribution in [3.8, 4) is 5.75 Å². The third-order valence-electron chi connectivity index (χ3n) is 5.48. The monoisotopic (exact) mass is 486 g/mol. The number of amides is 2. The number of rotatable bonds is 7. The van der Waals surface area contributed by atoms with E-state index in [0.29, 0.717) is 17.0 Å². The number of carbonyl (C=O) groups excluding carboxylic acids is 2. The van der Waals surface area contributed by atoms with Crippen molar-refractivity contribution in [1.82, 2.24) is 5.32 Å². The van der Waals surface area contributed by atoms with Gasteiger partial charge in [0.05, 0.1) is 11.3 Å². The average molecular weight is 487 g/mol. The van der Waals surface area contributed by atoms with E-state index in [4.69, 9.17) is 22.1 Å². The molecule has 2 amide bonds. The van der Waals surface area contributed by atoms with Crippen molar-refractivity contribution in [3.63, 3.8) is 0 Å². The molecule has 0 radical (unpaired) electrons. The van der Waals surface area contributed by atoms with Gasteiger partial charge in [0.2, 0.25) is 0 Å². The summed E-state index contributed by atoms with van der Waals surface area (Å²) in [5, 5.41) is 11.7. The first-order valence-electron chi connectivity index (χ1n) is 10.9. The van der Waals surface area contributed by atoms with E-state index in [1.54, 1.807) is 54.6 Å². The van der Waals surface area contributed by atoms with Gasteiger partial charge in [-0.05, 0) is 77.8 Å². The van der Waals surface area contributed by atoms with Crippen LogP contribution in [0, 0.1) is 0 Å². The van der Waals surface area contributed by atoms with Crippen LogP contribution in [-0.2, 0) is 22.6 Å². The normalized spacial score (nSPS) is 14.7. The van der Waals surface area contributed by atoms with Gasteiger partial charge in [-0.2, -0.15) is 0 Å². The predicted octanol–water partition coefficient (Wildman–Crippen LogP) is 4.36. The topological polar surface area (TPSA) is 95.9 Å². The summed E-state index contributed by atoms with van der Waals surface area (Å²) in [5.41, 5.74) is 3.23. The van der Waals surface area contributed by atoms with Crippen LogP contribution in [-0.4, -0.2) is 28.0 Å². The fourth-order valence-corrected chi connectivity index (χ4v) is 3.84. The molecule has 0 atom stereocenters. The quantitative estimate of drug-likeness (QED) is 0.293. The number of ether oxygens (including phenoxy) is 1. The van der Waals surface area contributed by atoms with E-state index in [-0.39, 0.29) is 22.9 Å². The number of hydrogen-bond acceptors (Lipinski definition) is 5. The first-order valence-corrected chi connectivity index (χ1v) is 11.3. The summed E-state index contributed by atoms with van der Waals surface area (Å²) in [6.45, 7) is 2.24. The molecule has 0 bridgehead atoms. The van der Waals surface area contributed by atoms with Gasteiger partial charge in [-0.15, -0.1) is 0 Å². The summed E-state index contributed by atoms with van der Waals surface area (Å²) in [7, 11) is 0. The van der Waals surface area contributed by atoms with Crippen molar-refractivity contribution in [2.24, 2.45) is 0 Å². The lowest BCUT2D eigenvalue weighted by Gasteiger charge is -2.29. The second-order valence-electron chi connectivity index (χ2n) is 7.84. The van der Waals surface area contributed by atoms with Gasteiger partial charge in [0, 0.05) is 0 Å². The maximum Gasteiger partial charge on any atom is 0.335 e. The molecule has 3 aromatic rings. The zero-order valence-electron chi connectivity index (χ0n) is 18.9. The number of nitrogens with one attached hydrogen (secondary N) is 1. The number of aromatic carboxylic acids is 1. The SMILES string of the molecule is CCc1ccc(N2C(=O)/C(=C/c3ccc(OCc4cccc(C(=O)O)c4)cc3)C(=O)NC2=S)cc1. The van der Waals surface area contributed by atoms with Crippen LogP contribution >= 0.6 is 12.2 Å². The van der Waals surface area contributed by atoms with Gasteiger partial charge in [-0.3, -0.25) is 19.8 Å². The molecule has 1 fully saturated rings. The Kier molecular flexibility index (Phi) is 7.03. The van der Waals surface area contributed by atoms with Crippen LogP contribution < -0.4 is 15.0 Å². The number of thiocarbonyl (C=S) groups is 1. The molecule has 7 nitrogen and oxygen atoms in total. The first kappa shape index (κ1) is 23.8. The molecule has 2 N–H and O–H groups in total. The highest BCUT2D eigenvalue weighted by molar-refractivity contribution is 7.80. The molecular weight excluding hydrogens is 464 g/mol. The molecule has 35 heavy (non-hydrogen) atoms. The van der Waals surface area contributed by atoms with E-state index in [1.165, 1.54) is 17.0 Å². The van der Waals surface area contributed by atoms with E-state index in [1.807, 2.05) is 19.1 Å². The molecule has 0 unspecified atom stereocenters. The number of benzene rings is 3. The lowest BCUT2D eigenvalue weighted by Crippen LogP contribution is -2.54. The van der Waals surface area contributed by atoms with Crippen LogP contribution in [0.1, 0.15) is 34.0 Å². The molecule has 176 valence electrons. The smallest absolute Gasteiger partial charge is 0.335 e. The predicted molar refractivity (Wildman–Crippen MR) is 136 cm³/mol. The highest BCUT2D eigenvalue weighted by Crippen LogP contribution is 2.23. The van der Waals surface area contributed by atoms with E-state index >= 15 is 0 Å². The number of nitrogens with zero attached hydrogens (tertiary/aromatic N) is 1. The molecule has 0 aliphatic carbocycles. The highest BCUT2D eigenvalue weighted by Gasteiger charge is 2.34. The summed E-state index contributed by atoms with van der Waals surface area (Å²) in [6, 6.07) is 20.8. The maximum absolute atomic E-state index is 13.2. The number of carbonyl (C=O) groups is 3. The lowest BCUT2D eigenvalue weighted by atomic mass is 10.1. The minimum Gasteiger partial charge on any atom is -0.489 e. The Balaban J connectivity index is 1.49. The third kappa shape index (κ3) is 5.44. The van der Waals surface area contributed by atoms with E-state index < -0.39 is 17.8 Å². The minimum absolute atomic E-state index is 0.0303. The largest absolute Gasteiger partial charge is 0.489 e. The van der Waals surface area contributed by atoms with Gasteiger partial charge in [0.15, 0.2) is 5.11 Å². The number of carboxylic acids is 1. The molecule has 0 aromatic heterocycles. The Labute approximate surface area is 207 Å². The van der Waals surface area contributed by atoms with Crippen molar-refractivity contribution >= 4 is 46.9 Å². The van der Waals surface area contributed by atoms with Crippen LogP contribution in [0.25, 0.3) is 6.08 Å². The summed E-state index contributed by atoms with van der Waals surface area (Å²) in [4.78, 5) is 38.1. The number of hydrogen-bond donors (Lipinski definition) is 2. The van der Waals surface area contributed by atoms with Crippen LogP contribution in [0.5, 0.6) is 5.75 Å². The second kappa shape index (κ2) is 10.3. The minimum atomic E-state index is -0.997. The lowest BCUT2D eigenvalue weighted by molar-refractivity contribution is -0.122. The molecule has 8 heteroatoms. The van der Waals surface area contributed by atoms with Crippen molar-refractivity contribution in [2.45, 2.75) is 20.0 Å². The molecule has 3 aromatic carbocycles. The van der Waals surface area contributed by atoms with Crippen molar-refractivity contribution < 1.29 is 24.2 Å². The Hall–Kier alpha value is -4.30. The summed E-state index contributed by atoms with van der Waals surface area (Å²) >= 11 is 5.25. The molecule has 4 rings (SSSR count). The van der Waals surface area contributed by atoms with Gasteiger partial charge in [0.25, 0.3) is 11.8 Å². The molecule has 0 saturated carbocycles. The molecule has 1 aliphatic rings. The van der Waals surface area contributed by atoms with E-state index in [9.17, 15) is 14.4 Å². The molecule has 1 aliphatic heterocycles. The van der Waals surface area contributed by atoms with Crippen molar-refractivity contribution in [2.75, 3.05) is 4.90 Å². The van der Waals surface area contributed by atoms with E-state index in [0.717, 1.165) is 17.5 Å². The van der Waals surface area contributed by atoms with Gasteiger partial charge >= 0.3 is 5.97 Å². The molecule has 0 spiro atoms. The first-order chi connectivity index (χ1) is 16.9. The Morgan fingerprint density at radius 3 is 2.40 bits per heavy atom. The van der Waals surface area contributed by atoms with Gasteiger partial charge < -0.3 is 9.84 Å². The summed E-state index contributed by atoms with van der Waals surface area (Å²) < 4.78 is 5.74. The highest BCUT2D eigenvalue weighted by atomic mass is 32.1. The van der Waals surface area contributed by atoms with Crippen LogP contribution in [0.15, 0.2) is 78.4 Å². The van der Waals surface area contributed by atoms with Crippen LogP contribution in [0.4, 0.5) is 5.69 Å². The summed E-state index contributed by atoms with van der Waals surface area (Å²) in [6.07, 6.45) is 2.38. The van der Waals surface area contributed by atoms with Crippen molar-refractivity contribution in [1.29, 1.82) is 0 Å². The zero-order valence-corrected chi connectivity index (χ0v) is 19.7. The number of anilines is 1. The van der Waals surface area contributed by atoms with Crippen LogP contribution in [0.2, 0.25) is 0 Å². The average Bonchev–Trinajstić information content (AvgIpc) is 2.86. The second-order valence-corrected chi connectivity index (χ2v) is 8.23. The number of carboxylic acid groups (broad SMARTS) is 1. The van der Waals surface area contributed by atoms with Crippen LogP contribution in [0.3, 0.4) is 0 Å². The standard InChI is InChI=1S/C27H22N2O5S/c1-2-17-6-10-21(11-7-17)29-25(31)23(24(30)28-27(29)35)15-18-8-12-22(13-9-18)34-16-19-4-3-5-20(14-19)26(32)33/h3-15H,2,16H2,1H3,(H,32,33)(H,28,30,35)/b23-15+. The summed E-state index contributed by atoms with van der Waals surface area (Å²) in [5.74, 6) is -1.49. The maximum atomic E-state index is 13.2. The molecule has 1 heterocycles. The molecular formula is C27H22N2O5S. The Morgan fingerprint density at radius 2 is 1.74 bits per heavy atom. The fraction of sp³-hybridized carbons (Fsp3) is 0.111. The number of aryl methyl sites for hydroxylation is 1.